The van der Waals surface area contributed by atoms with Crippen LogP contribution >= 0.6 is 0 Å². The molecule has 1 aliphatic carbocycles. The lowest BCUT2D eigenvalue weighted by Crippen LogP contribution is -2.70. The molecule has 0 unspecified atom stereocenters. The predicted molar refractivity (Wildman–Crippen MR) is 67.0 cm³/mol. The third kappa shape index (κ3) is 2.51. The van der Waals surface area contributed by atoms with Crippen LogP contribution in [0.5, 0.6) is 0 Å². The summed E-state index contributed by atoms with van der Waals surface area (Å²) in [6.07, 6.45) is -5.67. The molecule has 1 aromatic rings. The molecule has 0 aromatic carbocycles. The highest BCUT2D eigenvalue weighted by molar-refractivity contribution is 5.46. The van der Waals surface area contributed by atoms with Crippen LogP contribution in [0.1, 0.15) is 36.7 Å². The fourth-order valence-electron chi connectivity index (χ4n) is 2.43. The largest absolute Gasteiger partial charge is 0.420 e. The number of aromatic nitrogens is 2. The average molecular weight is 323 g/mol. The maximum Gasteiger partial charge on any atom is 0.420 e. The van der Waals surface area contributed by atoms with Crippen LogP contribution < -0.4 is 4.90 Å². The van der Waals surface area contributed by atoms with Crippen molar-refractivity contribution in [3.8, 4) is 0 Å². The third-order valence-electron chi connectivity index (χ3n) is 4.04. The quantitative estimate of drug-likeness (QED) is 0.798. The number of rotatable bonds is 4. The van der Waals surface area contributed by atoms with Gasteiger partial charge in [0.25, 0.3) is 6.43 Å². The molecular weight excluding hydrogens is 309 g/mol. The number of alkyl halides is 5. The van der Waals surface area contributed by atoms with E-state index >= 15 is 0 Å². The minimum absolute atomic E-state index is 0.0357. The average Bonchev–Trinajstić information content (AvgIpc) is 3.20. The van der Waals surface area contributed by atoms with Crippen molar-refractivity contribution < 1.29 is 26.7 Å². The molecule has 9 heteroatoms. The zero-order valence-electron chi connectivity index (χ0n) is 11.7. The molecule has 0 atom stereocenters. The van der Waals surface area contributed by atoms with Crippen LogP contribution in [0.15, 0.2) is 6.07 Å². The molecule has 22 heavy (non-hydrogen) atoms. The Morgan fingerprint density at radius 1 is 1.27 bits per heavy atom. The number of methoxy groups -OCH3 is 1. The number of hydrogen-bond acceptors (Lipinski definition) is 4. The second kappa shape index (κ2) is 5.00. The van der Waals surface area contributed by atoms with E-state index in [1.807, 2.05) is 0 Å². The Kier molecular flexibility index (Phi) is 3.50. The molecule has 1 aliphatic heterocycles. The van der Waals surface area contributed by atoms with Crippen LogP contribution in [-0.2, 0) is 4.74 Å². The summed E-state index contributed by atoms with van der Waals surface area (Å²) in [5, 5.41) is 0. The lowest BCUT2D eigenvalue weighted by Gasteiger charge is -2.49. The van der Waals surface area contributed by atoms with Gasteiger partial charge >= 0.3 is 6.18 Å². The Hall–Kier alpha value is -1.51. The Balaban J connectivity index is 1.84. The Labute approximate surface area is 123 Å². The zero-order valence-corrected chi connectivity index (χ0v) is 11.7. The van der Waals surface area contributed by atoms with E-state index in [9.17, 15) is 22.0 Å². The van der Waals surface area contributed by atoms with E-state index in [4.69, 9.17) is 0 Å². The standard InChI is InChI=1S/C13H14F5N3O/c1-22-12(13(16,17)18)5-21(6-12)9-4-8(10(14)15)19-11(20-9)7-2-3-7/h4,7,10H,2-3,5-6H2,1H3. The second-order valence-corrected chi connectivity index (χ2v) is 5.64. The van der Waals surface area contributed by atoms with E-state index in [1.165, 1.54) is 4.90 Å². The third-order valence-corrected chi connectivity index (χ3v) is 4.04. The fourth-order valence-corrected chi connectivity index (χ4v) is 2.43. The highest BCUT2D eigenvalue weighted by Crippen LogP contribution is 2.43. The van der Waals surface area contributed by atoms with E-state index in [1.54, 1.807) is 0 Å². The van der Waals surface area contributed by atoms with Gasteiger partial charge in [-0.05, 0) is 12.8 Å². The zero-order chi connectivity index (χ0) is 16.1. The Bertz CT molecular complexity index is 547. The molecule has 3 rings (SSSR count). The van der Waals surface area contributed by atoms with E-state index in [0.717, 1.165) is 26.0 Å². The van der Waals surface area contributed by atoms with E-state index < -0.39 is 37.0 Å². The lowest BCUT2D eigenvalue weighted by atomic mass is 9.93. The molecule has 0 amide bonds. The minimum Gasteiger partial charge on any atom is -0.365 e. The van der Waals surface area contributed by atoms with Gasteiger partial charge in [0.1, 0.15) is 17.3 Å². The number of halogens is 5. The van der Waals surface area contributed by atoms with Gasteiger partial charge in [-0.15, -0.1) is 0 Å². The Morgan fingerprint density at radius 3 is 2.36 bits per heavy atom. The highest BCUT2D eigenvalue weighted by Gasteiger charge is 2.63. The summed E-state index contributed by atoms with van der Waals surface area (Å²) in [4.78, 5) is 9.23. The van der Waals surface area contributed by atoms with Gasteiger partial charge in [0, 0.05) is 19.1 Å². The molecule has 4 nitrogen and oxygen atoms in total. The summed E-state index contributed by atoms with van der Waals surface area (Å²) in [6, 6.07) is 1.05. The first-order valence-corrected chi connectivity index (χ1v) is 6.79. The fraction of sp³-hybridized carbons (Fsp3) is 0.692. The second-order valence-electron chi connectivity index (χ2n) is 5.64. The van der Waals surface area contributed by atoms with Gasteiger partial charge < -0.3 is 9.64 Å². The first-order valence-electron chi connectivity index (χ1n) is 6.79. The molecule has 0 bridgehead atoms. The summed E-state index contributed by atoms with van der Waals surface area (Å²) in [7, 11) is 0.991. The van der Waals surface area contributed by atoms with Gasteiger partial charge in [-0.2, -0.15) is 13.2 Å². The minimum atomic E-state index is -4.52. The van der Waals surface area contributed by atoms with Crippen molar-refractivity contribution in [3.63, 3.8) is 0 Å². The van der Waals surface area contributed by atoms with Crippen LogP contribution in [0.3, 0.4) is 0 Å². The molecule has 0 N–H and O–H groups in total. The van der Waals surface area contributed by atoms with Crippen molar-refractivity contribution >= 4 is 5.82 Å². The van der Waals surface area contributed by atoms with Gasteiger partial charge in [-0.3, -0.25) is 0 Å². The summed E-state index contributed by atoms with van der Waals surface area (Å²) in [5.74, 6) is 0.423. The van der Waals surface area contributed by atoms with Crippen molar-refractivity contribution in [2.24, 2.45) is 0 Å². The molecule has 2 aliphatic rings. The molecule has 1 saturated heterocycles. The molecular formula is C13H14F5N3O. The molecule has 1 aromatic heterocycles. The van der Waals surface area contributed by atoms with Crippen LogP contribution in [0.4, 0.5) is 27.8 Å². The van der Waals surface area contributed by atoms with Crippen LogP contribution in [0.25, 0.3) is 0 Å². The van der Waals surface area contributed by atoms with E-state index in [-0.39, 0.29) is 17.6 Å². The number of nitrogens with zero attached hydrogens (tertiary/aromatic N) is 3. The van der Waals surface area contributed by atoms with Gasteiger partial charge in [0.15, 0.2) is 5.60 Å². The predicted octanol–water partition coefficient (Wildman–Crippen LogP) is 3.06. The maximum absolute atomic E-state index is 13.0. The molecule has 0 radical (unpaired) electrons. The normalized spacial score (nSPS) is 21.1. The molecule has 2 heterocycles. The van der Waals surface area contributed by atoms with Gasteiger partial charge in [-0.25, -0.2) is 18.7 Å². The number of anilines is 1. The Morgan fingerprint density at radius 2 is 1.91 bits per heavy atom. The van der Waals surface area contributed by atoms with Gasteiger partial charge in [0.05, 0.1) is 13.1 Å². The summed E-state index contributed by atoms with van der Waals surface area (Å²) in [5.41, 5.74) is -2.71. The number of hydrogen-bond donors (Lipinski definition) is 0. The summed E-state index contributed by atoms with van der Waals surface area (Å²) in [6.45, 7) is -0.923. The van der Waals surface area contributed by atoms with E-state index in [0.29, 0.717) is 0 Å². The van der Waals surface area contributed by atoms with Crippen molar-refractivity contribution in [3.05, 3.63) is 17.6 Å². The molecule has 2 fully saturated rings. The SMILES string of the molecule is COC1(C(F)(F)F)CN(c2cc(C(F)F)nc(C3CC3)n2)C1. The van der Waals surface area contributed by atoms with Crippen molar-refractivity contribution in [2.75, 3.05) is 25.1 Å². The van der Waals surface area contributed by atoms with Crippen LogP contribution in [0, 0.1) is 0 Å². The lowest BCUT2D eigenvalue weighted by molar-refractivity contribution is -0.277. The first-order chi connectivity index (χ1) is 10.3. The van der Waals surface area contributed by atoms with Crippen LogP contribution in [0.2, 0.25) is 0 Å². The van der Waals surface area contributed by atoms with Gasteiger partial charge in [0.2, 0.25) is 0 Å². The first kappa shape index (κ1) is 15.4. The topological polar surface area (TPSA) is 38.2 Å². The maximum atomic E-state index is 13.0. The van der Waals surface area contributed by atoms with E-state index in [2.05, 4.69) is 14.7 Å². The molecule has 122 valence electrons. The van der Waals surface area contributed by atoms with Crippen LogP contribution in [-0.4, -0.2) is 41.9 Å². The highest BCUT2D eigenvalue weighted by atomic mass is 19.4. The van der Waals surface area contributed by atoms with Crippen molar-refractivity contribution in [1.29, 1.82) is 0 Å². The smallest absolute Gasteiger partial charge is 0.365 e. The van der Waals surface area contributed by atoms with Crippen molar-refractivity contribution in [1.82, 2.24) is 9.97 Å². The van der Waals surface area contributed by atoms with Gasteiger partial charge in [-0.1, -0.05) is 0 Å². The molecule has 0 spiro atoms. The monoisotopic (exact) mass is 323 g/mol. The summed E-state index contributed by atoms with van der Waals surface area (Å²) < 4.78 is 69.3. The summed E-state index contributed by atoms with van der Waals surface area (Å²) >= 11 is 0. The van der Waals surface area contributed by atoms with Crippen molar-refractivity contribution in [2.45, 2.75) is 37.0 Å². The number of ether oxygens (including phenoxy) is 1. The molecule has 1 saturated carbocycles.